The van der Waals surface area contributed by atoms with Crippen molar-refractivity contribution >= 4 is 45.6 Å². The molecule has 6 rings (SSSR count). The summed E-state index contributed by atoms with van der Waals surface area (Å²) in [6.07, 6.45) is -2.53. The van der Waals surface area contributed by atoms with Gasteiger partial charge in [0.1, 0.15) is 17.2 Å². The first-order valence-electron chi connectivity index (χ1n) is 13.7. The summed E-state index contributed by atoms with van der Waals surface area (Å²) in [6, 6.07) is 24.8. The number of hydrogen-bond donors (Lipinski definition) is 5. The van der Waals surface area contributed by atoms with E-state index in [1.807, 2.05) is 99.1 Å². The molecule has 5 N–H and O–H groups in total. The van der Waals surface area contributed by atoms with Crippen molar-refractivity contribution in [3.63, 3.8) is 0 Å². The minimum Gasteiger partial charge on any atom is -0.465 e. The zero-order valence-corrected chi connectivity index (χ0v) is 24.1. The van der Waals surface area contributed by atoms with Gasteiger partial charge in [-0.05, 0) is 29.2 Å². The van der Waals surface area contributed by atoms with Crippen LogP contribution in [0.4, 0.5) is 21.0 Å². The summed E-state index contributed by atoms with van der Waals surface area (Å²) >= 11 is 0. The lowest BCUT2D eigenvalue weighted by Crippen LogP contribution is -2.18. The van der Waals surface area contributed by atoms with Gasteiger partial charge in [-0.15, -0.1) is 0 Å². The predicted molar refractivity (Wildman–Crippen MR) is 169 cm³/mol. The normalized spacial score (nSPS) is 11.6. The number of aromatic amines is 1. The van der Waals surface area contributed by atoms with Crippen LogP contribution in [0.15, 0.2) is 78.9 Å². The highest BCUT2D eigenvalue weighted by molar-refractivity contribution is 6.12. The minimum atomic E-state index is -1.26. The molecule has 216 valence electrons. The van der Waals surface area contributed by atoms with Gasteiger partial charge in [0, 0.05) is 29.3 Å². The molecule has 0 saturated carbocycles. The van der Waals surface area contributed by atoms with E-state index in [9.17, 15) is 19.8 Å². The number of carbonyl (C=O) groups is 2. The zero-order valence-electron chi connectivity index (χ0n) is 24.1. The van der Waals surface area contributed by atoms with Crippen LogP contribution in [-0.2, 0) is 12.5 Å². The molecule has 10 nitrogen and oxygen atoms in total. The van der Waals surface area contributed by atoms with Crippen LogP contribution in [-0.4, -0.2) is 41.9 Å². The molecular formula is C33H30N6O4. The van der Waals surface area contributed by atoms with Gasteiger partial charge in [-0.1, -0.05) is 81.4 Å². The molecule has 0 bridgehead atoms. The number of nitrogens with zero attached hydrogens (tertiary/aromatic N) is 3. The lowest BCUT2D eigenvalue weighted by molar-refractivity contribution is 0.208. The largest absolute Gasteiger partial charge is 0.465 e. The minimum absolute atomic E-state index is 0.261. The molecule has 43 heavy (non-hydrogen) atoms. The lowest BCUT2D eigenvalue weighted by atomic mass is 9.80. The quantitative estimate of drug-likeness (QED) is 0.141. The molecule has 0 radical (unpaired) electrons. The van der Waals surface area contributed by atoms with Crippen molar-refractivity contribution in [1.82, 2.24) is 19.5 Å². The van der Waals surface area contributed by atoms with Crippen LogP contribution in [0.25, 0.3) is 56.0 Å². The van der Waals surface area contributed by atoms with E-state index in [-0.39, 0.29) is 11.4 Å². The number of anilines is 2. The van der Waals surface area contributed by atoms with Gasteiger partial charge < -0.3 is 19.8 Å². The highest BCUT2D eigenvalue weighted by atomic mass is 16.4. The van der Waals surface area contributed by atoms with Crippen LogP contribution in [0.3, 0.4) is 0 Å². The monoisotopic (exact) mass is 574 g/mol. The number of hydrogen-bond acceptors (Lipinski definition) is 4. The van der Waals surface area contributed by atoms with E-state index in [4.69, 9.17) is 9.97 Å². The van der Waals surface area contributed by atoms with Crippen molar-refractivity contribution in [2.45, 2.75) is 26.2 Å². The number of carboxylic acid groups (broad SMARTS) is 2. The Morgan fingerprint density at radius 3 is 2.02 bits per heavy atom. The molecule has 0 aliphatic carbocycles. The summed E-state index contributed by atoms with van der Waals surface area (Å²) in [7, 11) is 1.90. The maximum atomic E-state index is 12.3. The maximum absolute atomic E-state index is 12.3. The number of benzene rings is 4. The molecule has 0 aliphatic rings. The van der Waals surface area contributed by atoms with E-state index in [2.05, 4.69) is 15.6 Å². The Morgan fingerprint density at radius 1 is 0.814 bits per heavy atom. The van der Waals surface area contributed by atoms with Crippen molar-refractivity contribution in [2.75, 3.05) is 10.6 Å². The van der Waals surface area contributed by atoms with Gasteiger partial charge in [0.15, 0.2) is 0 Å². The second-order valence-corrected chi connectivity index (χ2v) is 11.3. The van der Waals surface area contributed by atoms with Gasteiger partial charge in [-0.2, -0.15) is 0 Å². The van der Waals surface area contributed by atoms with Crippen LogP contribution in [0, 0.1) is 0 Å². The van der Waals surface area contributed by atoms with E-state index in [1.165, 1.54) is 0 Å². The molecule has 2 aromatic heterocycles. The molecule has 10 heteroatoms. The first-order valence-corrected chi connectivity index (χ1v) is 13.7. The lowest BCUT2D eigenvalue weighted by Gasteiger charge is -2.27. The van der Waals surface area contributed by atoms with E-state index >= 15 is 0 Å². The third-order valence-electron chi connectivity index (χ3n) is 7.46. The van der Waals surface area contributed by atoms with Gasteiger partial charge in [-0.3, -0.25) is 10.6 Å². The molecule has 0 aliphatic heterocycles. The fourth-order valence-corrected chi connectivity index (χ4v) is 5.52. The fraction of sp³-hybridized carbons (Fsp3) is 0.152. The molecule has 2 heterocycles. The molecule has 0 spiro atoms. The second-order valence-electron chi connectivity index (χ2n) is 11.3. The van der Waals surface area contributed by atoms with Crippen LogP contribution >= 0.6 is 0 Å². The number of nitrogens with one attached hydrogen (secondary N) is 3. The van der Waals surface area contributed by atoms with Crippen molar-refractivity contribution in [3.05, 3.63) is 84.4 Å². The van der Waals surface area contributed by atoms with Gasteiger partial charge in [0.05, 0.1) is 27.9 Å². The van der Waals surface area contributed by atoms with Crippen LogP contribution in [0.5, 0.6) is 0 Å². The molecule has 6 aromatic rings. The highest BCUT2D eigenvalue weighted by Gasteiger charge is 2.30. The predicted octanol–water partition coefficient (Wildman–Crippen LogP) is 7.93. The summed E-state index contributed by atoms with van der Waals surface area (Å²) in [5, 5.41) is 25.2. The maximum Gasteiger partial charge on any atom is 0.409 e. The Labute approximate surface area is 247 Å². The molecule has 2 amide bonds. The van der Waals surface area contributed by atoms with Gasteiger partial charge in [0.25, 0.3) is 0 Å². The smallest absolute Gasteiger partial charge is 0.409 e. The summed E-state index contributed by atoms with van der Waals surface area (Å²) in [4.78, 5) is 37.4. The number of aryl methyl sites for hydroxylation is 1. The Bertz CT molecular complexity index is 2020. The third kappa shape index (κ3) is 4.93. The number of amides is 2. The fourth-order valence-electron chi connectivity index (χ4n) is 5.52. The molecule has 0 saturated heterocycles. The van der Waals surface area contributed by atoms with Crippen LogP contribution in [0.1, 0.15) is 26.3 Å². The second kappa shape index (κ2) is 10.3. The zero-order chi connectivity index (χ0) is 30.5. The van der Waals surface area contributed by atoms with Gasteiger partial charge >= 0.3 is 12.2 Å². The number of H-pyrrole nitrogens is 1. The Balaban J connectivity index is 1.72. The Hall–Kier alpha value is -5.64. The van der Waals surface area contributed by atoms with E-state index in [1.54, 1.807) is 12.1 Å². The summed E-state index contributed by atoms with van der Waals surface area (Å²) in [5.74, 6) is 1.25. The first-order chi connectivity index (χ1) is 20.5. The number of imidazole rings is 2. The van der Waals surface area contributed by atoms with E-state index < -0.39 is 17.6 Å². The number of rotatable bonds is 5. The average molecular weight is 575 g/mol. The van der Waals surface area contributed by atoms with Crippen molar-refractivity contribution in [1.29, 1.82) is 0 Å². The SMILES string of the molecule is Cn1c(-c2ccccc2)nc2c(NC(=O)O)c(-c3ccc4nc(-c5ccccc5)[nH]c4c3NC(=O)O)c(C(C)(C)C)cc21. The van der Waals surface area contributed by atoms with Gasteiger partial charge in [-0.25, -0.2) is 19.6 Å². The first kappa shape index (κ1) is 27.5. The third-order valence-corrected chi connectivity index (χ3v) is 7.46. The van der Waals surface area contributed by atoms with E-state index in [0.29, 0.717) is 39.3 Å². The summed E-state index contributed by atoms with van der Waals surface area (Å²) in [5.41, 5.74) is 5.81. The molecular weight excluding hydrogens is 544 g/mol. The topological polar surface area (TPSA) is 145 Å². The number of fused-ring (bicyclic) bond motifs is 2. The van der Waals surface area contributed by atoms with Crippen LogP contribution in [0.2, 0.25) is 0 Å². The molecule has 0 unspecified atom stereocenters. The molecule has 4 aromatic carbocycles. The van der Waals surface area contributed by atoms with Crippen molar-refractivity contribution < 1.29 is 19.8 Å². The Morgan fingerprint density at radius 2 is 1.42 bits per heavy atom. The van der Waals surface area contributed by atoms with E-state index in [0.717, 1.165) is 22.2 Å². The van der Waals surface area contributed by atoms with Crippen molar-refractivity contribution in [3.8, 4) is 33.9 Å². The molecule has 0 atom stereocenters. The molecule has 0 fully saturated rings. The average Bonchev–Trinajstić information content (AvgIpc) is 3.55. The number of aromatic nitrogens is 4. The summed E-state index contributed by atoms with van der Waals surface area (Å²) < 4.78 is 1.94. The highest BCUT2D eigenvalue weighted by Crippen LogP contribution is 2.47. The van der Waals surface area contributed by atoms with Crippen LogP contribution < -0.4 is 10.6 Å². The van der Waals surface area contributed by atoms with Gasteiger partial charge in [0.2, 0.25) is 0 Å². The standard InChI is InChI=1S/C33H30N6O4/c1-33(2,3)21-17-23-27(36-30(39(23)4)19-13-9-6-10-14-19)28(38-32(42)43)24(21)20-15-16-22-26(25(20)37-31(40)41)35-29(34-22)18-11-7-5-8-12-18/h5-17,37-38H,1-4H3,(H,34,35)(H,40,41)(H,42,43). The summed E-state index contributed by atoms with van der Waals surface area (Å²) in [6.45, 7) is 6.09. The Kier molecular flexibility index (Phi) is 6.61. The van der Waals surface area contributed by atoms with Crippen molar-refractivity contribution in [2.24, 2.45) is 7.05 Å².